The minimum absolute atomic E-state index is 0.107. The molecule has 0 bridgehead atoms. The maximum atomic E-state index is 13.6. The van der Waals surface area contributed by atoms with Gasteiger partial charge in [-0.25, -0.2) is 8.78 Å². The third-order valence-corrected chi connectivity index (χ3v) is 2.45. The zero-order valence-electron chi connectivity index (χ0n) is 8.97. The van der Waals surface area contributed by atoms with Crippen molar-refractivity contribution in [2.75, 3.05) is 6.54 Å². The molecule has 1 nitrogen and oxygen atoms in total. The summed E-state index contributed by atoms with van der Waals surface area (Å²) in [4.78, 5) is 0. The van der Waals surface area contributed by atoms with Crippen molar-refractivity contribution in [2.45, 2.75) is 32.1 Å². The Morgan fingerprint density at radius 3 is 2.67 bits per heavy atom. The van der Waals surface area contributed by atoms with Crippen molar-refractivity contribution in [3.8, 4) is 0 Å². The monoisotopic (exact) mass is 213 g/mol. The van der Waals surface area contributed by atoms with Crippen LogP contribution in [0.25, 0.3) is 0 Å². The number of hydrogen-bond donors (Lipinski definition) is 1. The van der Waals surface area contributed by atoms with E-state index in [0.717, 1.165) is 12.0 Å². The van der Waals surface area contributed by atoms with E-state index in [1.807, 2.05) is 13.0 Å². The van der Waals surface area contributed by atoms with Crippen molar-refractivity contribution in [3.63, 3.8) is 0 Å². The van der Waals surface area contributed by atoms with Crippen molar-refractivity contribution >= 4 is 0 Å². The number of aryl methyl sites for hydroxylation is 1. The molecule has 0 amide bonds. The Hall–Kier alpha value is -0.960. The molecule has 84 valence electrons. The van der Waals surface area contributed by atoms with Gasteiger partial charge in [0.25, 0.3) is 5.92 Å². The average Bonchev–Trinajstić information content (AvgIpc) is 2.26. The van der Waals surface area contributed by atoms with Crippen LogP contribution in [0.1, 0.15) is 30.9 Å². The molecule has 0 saturated heterocycles. The lowest BCUT2D eigenvalue weighted by Crippen LogP contribution is -2.15. The third-order valence-electron chi connectivity index (χ3n) is 2.45. The lowest BCUT2D eigenvalue weighted by molar-refractivity contribution is -0.0147. The fraction of sp³-hybridized carbons (Fsp3) is 0.500. The van der Waals surface area contributed by atoms with Crippen LogP contribution in [-0.4, -0.2) is 6.54 Å². The van der Waals surface area contributed by atoms with Gasteiger partial charge in [-0.15, -0.1) is 0 Å². The molecule has 1 aromatic carbocycles. The Morgan fingerprint density at radius 2 is 2.07 bits per heavy atom. The van der Waals surface area contributed by atoms with Crippen molar-refractivity contribution in [2.24, 2.45) is 5.73 Å². The predicted molar refractivity (Wildman–Crippen MR) is 58.0 cm³/mol. The summed E-state index contributed by atoms with van der Waals surface area (Å²) in [5, 5.41) is 0. The fourth-order valence-electron chi connectivity index (χ4n) is 1.49. The van der Waals surface area contributed by atoms with E-state index in [2.05, 4.69) is 0 Å². The van der Waals surface area contributed by atoms with Gasteiger partial charge in [-0.3, -0.25) is 0 Å². The highest BCUT2D eigenvalue weighted by Crippen LogP contribution is 2.33. The van der Waals surface area contributed by atoms with E-state index in [1.165, 1.54) is 6.07 Å². The molecule has 0 radical (unpaired) electrons. The number of rotatable bonds is 5. The number of halogens is 2. The van der Waals surface area contributed by atoms with Gasteiger partial charge in [-0.05, 0) is 31.0 Å². The first-order valence-corrected chi connectivity index (χ1v) is 5.27. The summed E-state index contributed by atoms with van der Waals surface area (Å²) in [6, 6.07) is 6.61. The molecule has 0 heterocycles. The average molecular weight is 213 g/mol. The Bertz CT molecular complexity index is 310. The van der Waals surface area contributed by atoms with Crippen LogP contribution in [0.3, 0.4) is 0 Å². The molecule has 0 unspecified atom stereocenters. The Balaban J connectivity index is 2.83. The maximum Gasteiger partial charge on any atom is 0.273 e. The fourth-order valence-corrected chi connectivity index (χ4v) is 1.49. The van der Waals surface area contributed by atoms with Gasteiger partial charge in [0.05, 0.1) is 0 Å². The van der Waals surface area contributed by atoms with Crippen molar-refractivity contribution in [1.29, 1.82) is 0 Å². The lowest BCUT2D eigenvalue weighted by Gasteiger charge is -2.16. The van der Waals surface area contributed by atoms with Crippen LogP contribution in [-0.2, 0) is 12.3 Å². The second-order valence-electron chi connectivity index (χ2n) is 3.65. The van der Waals surface area contributed by atoms with Gasteiger partial charge < -0.3 is 5.73 Å². The van der Waals surface area contributed by atoms with Gasteiger partial charge in [0.2, 0.25) is 0 Å². The number of benzene rings is 1. The lowest BCUT2D eigenvalue weighted by atomic mass is 10.0. The summed E-state index contributed by atoms with van der Waals surface area (Å²) in [6.07, 6.45) is 0.959. The number of alkyl halides is 2. The topological polar surface area (TPSA) is 26.0 Å². The van der Waals surface area contributed by atoms with Gasteiger partial charge in [-0.2, -0.15) is 0 Å². The van der Waals surface area contributed by atoms with Crippen molar-refractivity contribution in [1.82, 2.24) is 0 Å². The molecule has 0 aliphatic carbocycles. The van der Waals surface area contributed by atoms with E-state index < -0.39 is 5.92 Å². The van der Waals surface area contributed by atoms with Gasteiger partial charge in [0.1, 0.15) is 0 Å². The summed E-state index contributed by atoms with van der Waals surface area (Å²) in [5.41, 5.74) is 6.29. The van der Waals surface area contributed by atoms with E-state index in [4.69, 9.17) is 5.73 Å². The minimum Gasteiger partial charge on any atom is -0.330 e. The van der Waals surface area contributed by atoms with Crippen LogP contribution in [0.4, 0.5) is 8.78 Å². The zero-order valence-corrected chi connectivity index (χ0v) is 8.97. The largest absolute Gasteiger partial charge is 0.330 e. The van der Waals surface area contributed by atoms with E-state index >= 15 is 0 Å². The third kappa shape index (κ3) is 3.27. The first-order valence-electron chi connectivity index (χ1n) is 5.27. The Kier molecular flexibility index (Phi) is 4.21. The van der Waals surface area contributed by atoms with Gasteiger partial charge >= 0.3 is 0 Å². The van der Waals surface area contributed by atoms with E-state index in [1.54, 1.807) is 12.1 Å². The van der Waals surface area contributed by atoms with Crippen LogP contribution in [0, 0.1) is 0 Å². The standard InChI is InChI=1S/C12H17F2N/c1-2-10-5-3-6-11(9-10)12(13,14)7-4-8-15/h3,5-6,9H,2,4,7-8,15H2,1H3. The van der Waals surface area contributed by atoms with Gasteiger partial charge in [0.15, 0.2) is 0 Å². The zero-order chi connectivity index (χ0) is 11.3. The molecule has 0 aliphatic heterocycles. The van der Waals surface area contributed by atoms with Crippen LogP contribution in [0.15, 0.2) is 24.3 Å². The molecule has 0 atom stereocenters. The summed E-state index contributed by atoms with van der Waals surface area (Å²) >= 11 is 0. The summed E-state index contributed by atoms with van der Waals surface area (Å²) in [6.45, 7) is 2.26. The summed E-state index contributed by atoms with van der Waals surface area (Å²) in [7, 11) is 0. The highest BCUT2D eigenvalue weighted by Gasteiger charge is 2.30. The minimum atomic E-state index is -2.75. The van der Waals surface area contributed by atoms with Crippen LogP contribution < -0.4 is 5.73 Å². The van der Waals surface area contributed by atoms with E-state index in [-0.39, 0.29) is 12.0 Å². The SMILES string of the molecule is CCc1cccc(C(F)(F)CCCN)c1. The second-order valence-corrected chi connectivity index (χ2v) is 3.65. The molecule has 15 heavy (non-hydrogen) atoms. The van der Waals surface area contributed by atoms with E-state index in [9.17, 15) is 8.78 Å². The highest BCUT2D eigenvalue weighted by molar-refractivity contribution is 5.26. The Morgan fingerprint density at radius 1 is 1.33 bits per heavy atom. The molecule has 1 rings (SSSR count). The van der Waals surface area contributed by atoms with Crippen molar-refractivity contribution < 1.29 is 8.78 Å². The van der Waals surface area contributed by atoms with E-state index in [0.29, 0.717) is 13.0 Å². The second kappa shape index (κ2) is 5.21. The van der Waals surface area contributed by atoms with Gasteiger partial charge in [0, 0.05) is 12.0 Å². The molecule has 3 heteroatoms. The van der Waals surface area contributed by atoms with Crippen LogP contribution >= 0.6 is 0 Å². The normalized spacial score (nSPS) is 11.7. The van der Waals surface area contributed by atoms with Crippen LogP contribution in [0.5, 0.6) is 0 Å². The predicted octanol–water partition coefficient (Wildman–Crippen LogP) is 3.08. The summed E-state index contributed by atoms with van der Waals surface area (Å²) in [5.74, 6) is -2.75. The quantitative estimate of drug-likeness (QED) is 0.799. The number of hydrogen-bond acceptors (Lipinski definition) is 1. The molecule has 1 aromatic rings. The first-order chi connectivity index (χ1) is 7.10. The smallest absolute Gasteiger partial charge is 0.273 e. The summed E-state index contributed by atoms with van der Waals surface area (Å²) < 4.78 is 27.2. The molecule has 0 spiro atoms. The first kappa shape index (κ1) is 12.1. The maximum absolute atomic E-state index is 13.6. The molecule has 2 N–H and O–H groups in total. The molecular formula is C12H17F2N. The van der Waals surface area contributed by atoms with Gasteiger partial charge in [-0.1, -0.05) is 25.1 Å². The molecule has 0 saturated carbocycles. The Labute approximate surface area is 89.3 Å². The molecule has 0 fully saturated rings. The molecular weight excluding hydrogens is 196 g/mol. The van der Waals surface area contributed by atoms with Crippen LogP contribution in [0.2, 0.25) is 0 Å². The molecule has 0 aromatic heterocycles. The molecule has 0 aliphatic rings. The number of nitrogens with two attached hydrogens (primary N) is 1. The highest BCUT2D eigenvalue weighted by atomic mass is 19.3. The van der Waals surface area contributed by atoms with Crippen molar-refractivity contribution in [3.05, 3.63) is 35.4 Å².